The smallest absolute Gasteiger partial charge is 0.308 e. The summed E-state index contributed by atoms with van der Waals surface area (Å²) in [6, 6.07) is 9.43. The fourth-order valence-electron chi connectivity index (χ4n) is 2.84. The van der Waals surface area contributed by atoms with E-state index >= 15 is 0 Å². The summed E-state index contributed by atoms with van der Waals surface area (Å²) in [7, 11) is -3.61. The number of amides is 1. The average Bonchev–Trinajstić information content (AvgIpc) is 3.24. The molecule has 132 valence electrons. The van der Waals surface area contributed by atoms with E-state index in [0.29, 0.717) is 13.0 Å². The van der Waals surface area contributed by atoms with Gasteiger partial charge in [0, 0.05) is 18.7 Å². The van der Waals surface area contributed by atoms with E-state index in [1.807, 2.05) is 0 Å². The van der Waals surface area contributed by atoms with E-state index in [-0.39, 0.29) is 28.5 Å². The van der Waals surface area contributed by atoms with Crippen LogP contribution in [0.5, 0.6) is 0 Å². The van der Waals surface area contributed by atoms with E-state index in [0.717, 1.165) is 0 Å². The van der Waals surface area contributed by atoms with Crippen LogP contribution in [0.25, 0.3) is 0 Å². The van der Waals surface area contributed by atoms with E-state index in [4.69, 9.17) is 9.52 Å². The van der Waals surface area contributed by atoms with Crippen LogP contribution in [0, 0.1) is 5.92 Å². The lowest BCUT2D eigenvalue weighted by Crippen LogP contribution is -2.30. The molecule has 1 aliphatic heterocycles. The molecule has 2 heterocycles. The predicted octanol–water partition coefficient (Wildman–Crippen LogP) is 1.80. The summed E-state index contributed by atoms with van der Waals surface area (Å²) in [5, 5.41) is 9.04. The number of rotatable bonds is 5. The number of carboxylic acid groups (broad SMARTS) is 1. The fourth-order valence-corrected chi connectivity index (χ4v) is 4.22. The second-order valence-electron chi connectivity index (χ2n) is 5.92. The zero-order valence-electron chi connectivity index (χ0n) is 13.3. The van der Waals surface area contributed by atoms with Crippen molar-refractivity contribution in [1.29, 1.82) is 0 Å². The molecule has 1 aromatic heterocycles. The summed E-state index contributed by atoms with van der Waals surface area (Å²) < 4.78 is 30.2. The quantitative estimate of drug-likeness (QED) is 0.868. The number of hydrogen-bond donors (Lipinski definition) is 1. The molecule has 0 radical (unpaired) electrons. The van der Waals surface area contributed by atoms with Gasteiger partial charge in [0.15, 0.2) is 15.6 Å². The number of furan rings is 1. The van der Waals surface area contributed by atoms with Gasteiger partial charge in [0.1, 0.15) is 0 Å². The molecular weight excluding hydrogens is 346 g/mol. The van der Waals surface area contributed by atoms with Gasteiger partial charge in [-0.25, -0.2) is 8.42 Å². The van der Waals surface area contributed by atoms with Crippen molar-refractivity contribution in [2.75, 3.05) is 13.1 Å². The number of hydrogen-bond acceptors (Lipinski definition) is 5. The van der Waals surface area contributed by atoms with Gasteiger partial charge in [0.2, 0.25) is 0 Å². The van der Waals surface area contributed by atoms with Gasteiger partial charge in [0.25, 0.3) is 5.91 Å². The van der Waals surface area contributed by atoms with Crippen LogP contribution in [-0.2, 0) is 20.4 Å². The Morgan fingerprint density at radius 1 is 1.20 bits per heavy atom. The Morgan fingerprint density at radius 2 is 1.92 bits per heavy atom. The first-order valence-electron chi connectivity index (χ1n) is 7.75. The molecule has 1 unspecified atom stereocenters. The summed E-state index contributed by atoms with van der Waals surface area (Å²) in [4.78, 5) is 25.1. The van der Waals surface area contributed by atoms with Gasteiger partial charge in [-0.1, -0.05) is 18.2 Å². The molecule has 1 amide bonds. The van der Waals surface area contributed by atoms with E-state index in [1.165, 1.54) is 29.4 Å². The van der Waals surface area contributed by atoms with E-state index in [1.54, 1.807) is 18.2 Å². The molecule has 1 aromatic carbocycles. The van der Waals surface area contributed by atoms with Crippen molar-refractivity contribution < 1.29 is 27.5 Å². The van der Waals surface area contributed by atoms with Crippen molar-refractivity contribution in [3.63, 3.8) is 0 Å². The highest BCUT2D eigenvalue weighted by atomic mass is 32.2. The molecule has 0 saturated carbocycles. The Labute approximate surface area is 144 Å². The normalized spacial score (nSPS) is 17.6. The van der Waals surface area contributed by atoms with Crippen LogP contribution < -0.4 is 0 Å². The molecule has 8 heteroatoms. The first-order valence-corrected chi connectivity index (χ1v) is 9.40. The monoisotopic (exact) mass is 363 g/mol. The largest absolute Gasteiger partial charge is 0.481 e. The molecule has 1 fully saturated rings. The van der Waals surface area contributed by atoms with Gasteiger partial charge in [-0.2, -0.15) is 0 Å². The van der Waals surface area contributed by atoms with Crippen LogP contribution in [0.3, 0.4) is 0 Å². The molecule has 3 rings (SSSR count). The molecule has 25 heavy (non-hydrogen) atoms. The number of benzene rings is 1. The number of aliphatic carboxylic acids is 1. The highest BCUT2D eigenvalue weighted by Crippen LogP contribution is 2.24. The zero-order valence-corrected chi connectivity index (χ0v) is 14.1. The van der Waals surface area contributed by atoms with Gasteiger partial charge in [-0.05, 0) is 24.6 Å². The SMILES string of the molecule is O=C(O)C1CCN(C(=O)c2occc2CS(=O)(=O)c2ccccc2)C1. The minimum atomic E-state index is -3.61. The zero-order chi connectivity index (χ0) is 18.0. The summed E-state index contributed by atoms with van der Waals surface area (Å²) in [6.07, 6.45) is 1.65. The molecule has 1 atom stereocenters. The Kier molecular flexibility index (Phi) is 4.63. The van der Waals surface area contributed by atoms with Gasteiger partial charge >= 0.3 is 5.97 Å². The Hall–Kier alpha value is -2.61. The van der Waals surface area contributed by atoms with E-state index in [9.17, 15) is 18.0 Å². The van der Waals surface area contributed by atoms with Crippen molar-refractivity contribution in [3.8, 4) is 0 Å². The number of nitrogens with zero attached hydrogens (tertiary/aromatic N) is 1. The van der Waals surface area contributed by atoms with Gasteiger partial charge < -0.3 is 14.4 Å². The minimum absolute atomic E-state index is 0.0504. The lowest BCUT2D eigenvalue weighted by molar-refractivity contribution is -0.141. The summed E-state index contributed by atoms with van der Waals surface area (Å²) >= 11 is 0. The first kappa shape index (κ1) is 17.2. The molecule has 0 aliphatic carbocycles. The second kappa shape index (κ2) is 6.72. The number of carbonyl (C=O) groups excluding carboxylic acids is 1. The number of carboxylic acids is 1. The first-order chi connectivity index (χ1) is 11.9. The van der Waals surface area contributed by atoms with Crippen molar-refractivity contribution >= 4 is 21.7 Å². The van der Waals surface area contributed by atoms with Crippen molar-refractivity contribution in [1.82, 2.24) is 4.90 Å². The number of likely N-dealkylation sites (tertiary alicyclic amines) is 1. The molecule has 7 nitrogen and oxygen atoms in total. The van der Waals surface area contributed by atoms with Crippen molar-refractivity contribution in [2.45, 2.75) is 17.1 Å². The number of sulfone groups is 1. The minimum Gasteiger partial charge on any atom is -0.481 e. The van der Waals surface area contributed by atoms with Crippen LogP contribution in [0.4, 0.5) is 0 Å². The summed E-state index contributed by atoms with van der Waals surface area (Å²) in [5.74, 6) is -2.43. The third kappa shape index (κ3) is 3.58. The molecule has 1 N–H and O–H groups in total. The van der Waals surface area contributed by atoms with E-state index in [2.05, 4.69) is 0 Å². The van der Waals surface area contributed by atoms with Gasteiger partial charge in [-0.15, -0.1) is 0 Å². The second-order valence-corrected chi connectivity index (χ2v) is 7.91. The lowest BCUT2D eigenvalue weighted by Gasteiger charge is -2.15. The van der Waals surface area contributed by atoms with Crippen LogP contribution in [-0.4, -0.2) is 43.4 Å². The number of carbonyl (C=O) groups is 2. The standard InChI is InChI=1S/C17H17NO6S/c19-16(18-8-6-12(10-18)17(20)21)15-13(7-9-24-15)11-25(22,23)14-4-2-1-3-5-14/h1-5,7,9,12H,6,8,10-11H2,(H,20,21). The molecular formula is C17H17NO6S. The molecule has 2 aromatic rings. The topological polar surface area (TPSA) is 105 Å². The summed E-state index contributed by atoms with van der Waals surface area (Å²) in [5.41, 5.74) is 0.271. The maximum absolute atomic E-state index is 12.6. The molecule has 0 bridgehead atoms. The van der Waals surface area contributed by atoms with Crippen molar-refractivity contribution in [2.24, 2.45) is 5.92 Å². The average molecular weight is 363 g/mol. The molecule has 1 saturated heterocycles. The van der Waals surface area contributed by atoms with Crippen molar-refractivity contribution in [3.05, 3.63) is 54.0 Å². The fraction of sp³-hybridized carbons (Fsp3) is 0.294. The Morgan fingerprint density at radius 3 is 2.56 bits per heavy atom. The highest BCUT2D eigenvalue weighted by molar-refractivity contribution is 7.90. The maximum Gasteiger partial charge on any atom is 0.308 e. The summed E-state index contributed by atoms with van der Waals surface area (Å²) in [6.45, 7) is 0.404. The van der Waals surface area contributed by atoms with Crippen LogP contribution >= 0.6 is 0 Å². The Balaban J connectivity index is 1.79. The van der Waals surface area contributed by atoms with Crippen LogP contribution in [0.2, 0.25) is 0 Å². The van der Waals surface area contributed by atoms with E-state index < -0.39 is 27.6 Å². The van der Waals surface area contributed by atoms with Crippen LogP contribution in [0.15, 0.2) is 52.0 Å². The third-order valence-electron chi connectivity index (χ3n) is 4.21. The third-order valence-corrected chi connectivity index (χ3v) is 5.90. The molecule has 1 aliphatic rings. The predicted molar refractivity (Wildman–Crippen MR) is 87.7 cm³/mol. The molecule has 0 spiro atoms. The van der Waals surface area contributed by atoms with Crippen LogP contribution in [0.1, 0.15) is 22.5 Å². The maximum atomic E-state index is 12.6. The Bertz CT molecular complexity index is 887. The lowest BCUT2D eigenvalue weighted by atomic mass is 10.1. The van der Waals surface area contributed by atoms with Gasteiger partial charge in [0.05, 0.1) is 22.8 Å². The highest BCUT2D eigenvalue weighted by Gasteiger charge is 2.34. The van der Waals surface area contributed by atoms with Gasteiger partial charge in [-0.3, -0.25) is 9.59 Å².